The SMILES string of the molecule is COc1ccc(NC(=O)CSc2nnc(-c3ccc(Br)cc3)n2C)cc1. The predicted octanol–water partition coefficient (Wildman–Crippen LogP) is 3.98. The lowest BCUT2D eigenvalue weighted by Gasteiger charge is -2.06. The molecule has 0 aliphatic carbocycles. The van der Waals surface area contributed by atoms with E-state index in [1.165, 1.54) is 11.8 Å². The van der Waals surface area contributed by atoms with Crippen LogP contribution in [0.5, 0.6) is 5.75 Å². The summed E-state index contributed by atoms with van der Waals surface area (Å²) >= 11 is 4.76. The minimum absolute atomic E-state index is 0.103. The van der Waals surface area contributed by atoms with Gasteiger partial charge in [-0.1, -0.05) is 39.8 Å². The molecule has 3 rings (SSSR count). The van der Waals surface area contributed by atoms with Gasteiger partial charge in [0, 0.05) is 22.8 Å². The zero-order chi connectivity index (χ0) is 18.5. The second kappa shape index (κ2) is 8.37. The number of thioether (sulfide) groups is 1. The topological polar surface area (TPSA) is 69.0 Å². The number of hydrogen-bond donors (Lipinski definition) is 1. The second-order valence-electron chi connectivity index (χ2n) is 5.44. The van der Waals surface area contributed by atoms with Crippen molar-refractivity contribution in [2.45, 2.75) is 5.16 Å². The number of nitrogens with zero attached hydrogens (tertiary/aromatic N) is 3. The average Bonchev–Trinajstić information content (AvgIpc) is 3.02. The number of nitrogens with one attached hydrogen (secondary N) is 1. The van der Waals surface area contributed by atoms with Gasteiger partial charge in [-0.3, -0.25) is 4.79 Å². The van der Waals surface area contributed by atoms with Crippen molar-refractivity contribution in [3.63, 3.8) is 0 Å². The summed E-state index contributed by atoms with van der Waals surface area (Å²) in [5.74, 6) is 1.65. The molecule has 0 bridgehead atoms. The summed E-state index contributed by atoms with van der Waals surface area (Å²) in [6, 6.07) is 15.1. The molecule has 1 N–H and O–H groups in total. The molecule has 6 nitrogen and oxygen atoms in total. The smallest absolute Gasteiger partial charge is 0.234 e. The van der Waals surface area contributed by atoms with E-state index in [2.05, 4.69) is 31.4 Å². The molecule has 0 saturated heterocycles. The minimum Gasteiger partial charge on any atom is -0.497 e. The maximum absolute atomic E-state index is 12.1. The highest BCUT2D eigenvalue weighted by molar-refractivity contribution is 9.10. The lowest BCUT2D eigenvalue weighted by atomic mass is 10.2. The highest BCUT2D eigenvalue weighted by Gasteiger charge is 2.13. The number of rotatable bonds is 6. The van der Waals surface area contributed by atoms with Crippen molar-refractivity contribution in [1.82, 2.24) is 14.8 Å². The first-order valence-corrected chi connectivity index (χ1v) is 9.56. The Morgan fingerprint density at radius 3 is 2.50 bits per heavy atom. The van der Waals surface area contributed by atoms with Crippen molar-refractivity contribution in [1.29, 1.82) is 0 Å². The van der Waals surface area contributed by atoms with E-state index in [-0.39, 0.29) is 11.7 Å². The molecule has 0 atom stereocenters. The summed E-state index contributed by atoms with van der Waals surface area (Å²) in [6.07, 6.45) is 0. The molecule has 26 heavy (non-hydrogen) atoms. The van der Waals surface area contributed by atoms with E-state index >= 15 is 0 Å². The number of anilines is 1. The average molecular weight is 433 g/mol. The van der Waals surface area contributed by atoms with Crippen LogP contribution in [0.15, 0.2) is 58.2 Å². The van der Waals surface area contributed by atoms with Gasteiger partial charge in [0.1, 0.15) is 5.75 Å². The number of carbonyl (C=O) groups is 1. The van der Waals surface area contributed by atoms with Crippen LogP contribution in [-0.4, -0.2) is 33.5 Å². The number of methoxy groups -OCH3 is 1. The lowest BCUT2D eigenvalue weighted by Crippen LogP contribution is -2.14. The molecule has 8 heteroatoms. The summed E-state index contributed by atoms with van der Waals surface area (Å²) in [4.78, 5) is 12.1. The molecule has 0 radical (unpaired) electrons. The van der Waals surface area contributed by atoms with Crippen LogP contribution < -0.4 is 10.1 Å². The molecule has 1 heterocycles. The van der Waals surface area contributed by atoms with Gasteiger partial charge in [-0.2, -0.15) is 0 Å². The Morgan fingerprint density at radius 1 is 1.15 bits per heavy atom. The van der Waals surface area contributed by atoms with E-state index < -0.39 is 0 Å². The minimum atomic E-state index is -0.103. The standard InChI is InChI=1S/C18H17BrN4O2S/c1-23-17(12-3-5-13(19)6-4-12)21-22-18(23)26-11-16(24)20-14-7-9-15(25-2)10-8-14/h3-10H,11H2,1-2H3,(H,20,24). The third-order valence-electron chi connectivity index (χ3n) is 3.64. The first-order valence-electron chi connectivity index (χ1n) is 7.79. The summed E-state index contributed by atoms with van der Waals surface area (Å²) in [5, 5.41) is 11.9. The quantitative estimate of drug-likeness (QED) is 0.596. The number of ether oxygens (including phenoxy) is 1. The fraction of sp³-hybridized carbons (Fsp3) is 0.167. The van der Waals surface area contributed by atoms with E-state index in [9.17, 15) is 4.79 Å². The highest BCUT2D eigenvalue weighted by Crippen LogP contribution is 2.24. The van der Waals surface area contributed by atoms with Gasteiger partial charge in [-0.15, -0.1) is 10.2 Å². The molecule has 0 aliphatic heterocycles. The van der Waals surface area contributed by atoms with Gasteiger partial charge < -0.3 is 14.6 Å². The highest BCUT2D eigenvalue weighted by atomic mass is 79.9. The van der Waals surface area contributed by atoms with Crippen molar-refractivity contribution in [3.8, 4) is 17.1 Å². The van der Waals surface area contributed by atoms with Crippen molar-refractivity contribution < 1.29 is 9.53 Å². The Bertz CT molecular complexity index is 895. The van der Waals surface area contributed by atoms with Gasteiger partial charge in [0.15, 0.2) is 11.0 Å². The van der Waals surface area contributed by atoms with E-state index in [0.29, 0.717) is 5.16 Å². The van der Waals surface area contributed by atoms with Gasteiger partial charge >= 0.3 is 0 Å². The van der Waals surface area contributed by atoms with Crippen molar-refractivity contribution in [2.24, 2.45) is 7.05 Å². The van der Waals surface area contributed by atoms with Crippen LogP contribution >= 0.6 is 27.7 Å². The van der Waals surface area contributed by atoms with Crippen molar-refractivity contribution in [3.05, 3.63) is 53.0 Å². The number of halogens is 1. The molecule has 134 valence electrons. The molecule has 1 aromatic heterocycles. The maximum atomic E-state index is 12.1. The first-order chi connectivity index (χ1) is 12.6. The lowest BCUT2D eigenvalue weighted by molar-refractivity contribution is -0.113. The molecular weight excluding hydrogens is 416 g/mol. The van der Waals surface area contributed by atoms with Crippen LogP contribution in [0.2, 0.25) is 0 Å². The van der Waals surface area contributed by atoms with Crippen LogP contribution in [0.4, 0.5) is 5.69 Å². The second-order valence-corrected chi connectivity index (χ2v) is 7.30. The summed E-state index contributed by atoms with van der Waals surface area (Å²) in [5.41, 5.74) is 1.70. The monoisotopic (exact) mass is 432 g/mol. The number of hydrogen-bond acceptors (Lipinski definition) is 5. The molecule has 0 spiro atoms. The zero-order valence-electron chi connectivity index (χ0n) is 14.3. The molecule has 0 fully saturated rings. The van der Waals surface area contributed by atoms with Gasteiger partial charge in [0.25, 0.3) is 0 Å². The first kappa shape index (κ1) is 18.5. The molecule has 0 unspecified atom stereocenters. The molecule has 3 aromatic rings. The zero-order valence-corrected chi connectivity index (χ0v) is 16.7. The molecule has 0 saturated carbocycles. The number of benzene rings is 2. The Morgan fingerprint density at radius 2 is 1.85 bits per heavy atom. The van der Waals surface area contributed by atoms with Crippen molar-refractivity contribution >= 4 is 39.3 Å². The Balaban J connectivity index is 1.60. The fourth-order valence-corrected chi connectivity index (χ4v) is 3.27. The van der Waals surface area contributed by atoms with E-state index in [4.69, 9.17) is 4.74 Å². The molecular formula is C18H17BrN4O2S. The maximum Gasteiger partial charge on any atom is 0.234 e. The Kier molecular flexibility index (Phi) is 5.95. The van der Waals surface area contributed by atoms with Gasteiger partial charge in [0.2, 0.25) is 5.91 Å². The van der Waals surface area contributed by atoms with Crippen LogP contribution in [0.1, 0.15) is 0 Å². The van der Waals surface area contributed by atoms with Gasteiger partial charge in [-0.05, 0) is 36.4 Å². The number of aromatic nitrogens is 3. The third-order valence-corrected chi connectivity index (χ3v) is 5.19. The summed E-state index contributed by atoms with van der Waals surface area (Å²) in [6.45, 7) is 0. The van der Waals surface area contributed by atoms with Crippen LogP contribution in [-0.2, 0) is 11.8 Å². The summed E-state index contributed by atoms with van der Waals surface area (Å²) in [7, 11) is 3.49. The van der Waals surface area contributed by atoms with Crippen molar-refractivity contribution in [2.75, 3.05) is 18.2 Å². The van der Waals surface area contributed by atoms with Gasteiger partial charge in [-0.25, -0.2) is 0 Å². The van der Waals surface area contributed by atoms with E-state index in [0.717, 1.165) is 27.3 Å². The van der Waals surface area contributed by atoms with E-state index in [1.807, 2.05) is 35.9 Å². The Hall–Kier alpha value is -2.32. The van der Waals surface area contributed by atoms with Crippen LogP contribution in [0.3, 0.4) is 0 Å². The molecule has 1 amide bonds. The molecule has 0 aliphatic rings. The number of amides is 1. The predicted molar refractivity (Wildman–Crippen MR) is 106 cm³/mol. The number of carbonyl (C=O) groups excluding carboxylic acids is 1. The summed E-state index contributed by atoms with van der Waals surface area (Å²) < 4.78 is 7.99. The normalized spacial score (nSPS) is 10.6. The van der Waals surface area contributed by atoms with Crippen LogP contribution in [0, 0.1) is 0 Å². The van der Waals surface area contributed by atoms with E-state index in [1.54, 1.807) is 31.4 Å². The van der Waals surface area contributed by atoms with Crippen LogP contribution in [0.25, 0.3) is 11.4 Å². The fourth-order valence-electron chi connectivity index (χ4n) is 2.29. The largest absolute Gasteiger partial charge is 0.497 e. The Labute approximate surface area is 164 Å². The molecule has 2 aromatic carbocycles. The van der Waals surface area contributed by atoms with Gasteiger partial charge in [0.05, 0.1) is 12.9 Å². The third kappa shape index (κ3) is 4.44.